The van der Waals surface area contributed by atoms with Crippen molar-refractivity contribution >= 4 is 5.91 Å². The van der Waals surface area contributed by atoms with Gasteiger partial charge >= 0.3 is 0 Å². The number of hydrogen-bond acceptors (Lipinski definition) is 2. The molecule has 0 aliphatic carbocycles. The van der Waals surface area contributed by atoms with E-state index in [1.807, 2.05) is 13.0 Å². The van der Waals surface area contributed by atoms with Crippen LogP contribution in [0.25, 0.3) is 0 Å². The molecule has 0 radical (unpaired) electrons. The molecule has 18 heavy (non-hydrogen) atoms. The fraction of sp³-hybridized carbons (Fsp3) is 0.500. The maximum absolute atomic E-state index is 13.0. The molecule has 1 unspecified atom stereocenters. The highest BCUT2D eigenvalue weighted by Crippen LogP contribution is 2.06. The van der Waals surface area contributed by atoms with Crippen LogP contribution in [0.2, 0.25) is 0 Å². The molecule has 3 nitrogen and oxygen atoms in total. The van der Waals surface area contributed by atoms with Gasteiger partial charge in [0.1, 0.15) is 5.82 Å². The highest BCUT2D eigenvalue weighted by Gasteiger charge is 2.10. The van der Waals surface area contributed by atoms with Gasteiger partial charge in [0.2, 0.25) is 5.91 Å². The summed E-state index contributed by atoms with van der Waals surface area (Å²) in [5.41, 5.74) is 0.800. The Kier molecular flexibility index (Phi) is 5.78. The molecule has 1 N–H and O–H groups in total. The fourth-order valence-electron chi connectivity index (χ4n) is 1.54. The molecule has 1 aromatic rings. The molecule has 0 saturated heterocycles. The predicted molar refractivity (Wildman–Crippen MR) is 70.6 cm³/mol. The number of rotatable bonds is 6. The third-order valence-corrected chi connectivity index (χ3v) is 2.95. The quantitative estimate of drug-likeness (QED) is 0.841. The standard InChI is InChI=1S/C14H21FN2O/c1-4-11(2)16-9-14(18)17(3)10-12-6-5-7-13(15)8-12/h5-8,11,16H,4,9-10H2,1-3H3. The third-order valence-electron chi connectivity index (χ3n) is 2.95. The lowest BCUT2D eigenvalue weighted by Crippen LogP contribution is -2.38. The highest BCUT2D eigenvalue weighted by molar-refractivity contribution is 5.78. The first kappa shape index (κ1) is 14.6. The summed E-state index contributed by atoms with van der Waals surface area (Å²) in [5, 5.41) is 3.14. The molecule has 0 saturated carbocycles. The van der Waals surface area contributed by atoms with Crippen LogP contribution < -0.4 is 5.32 Å². The van der Waals surface area contributed by atoms with Gasteiger partial charge in [0, 0.05) is 19.6 Å². The molecule has 1 rings (SSSR count). The molecule has 1 aromatic carbocycles. The predicted octanol–water partition coefficient (Wildman–Crippen LogP) is 2.17. The van der Waals surface area contributed by atoms with Gasteiger partial charge in [-0.1, -0.05) is 19.1 Å². The maximum Gasteiger partial charge on any atom is 0.236 e. The summed E-state index contributed by atoms with van der Waals surface area (Å²) in [4.78, 5) is 13.4. The van der Waals surface area contributed by atoms with Gasteiger partial charge in [0.15, 0.2) is 0 Å². The molecule has 0 heterocycles. The summed E-state index contributed by atoms with van der Waals surface area (Å²) in [6.07, 6.45) is 0.987. The zero-order valence-corrected chi connectivity index (χ0v) is 11.2. The SMILES string of the molecule is CCC(C)NCC(=O)N(C)Cc1cccc(F)c1. The van der Waals surface area contributed by atoms with Crippen LogP contribution in [-0.4, -0.2) is 30.4 Å². The smallest absolute Gasteiger partial charge is 0.236 e. The molecule has 0 aliphatic heterocycles. The minimum absolute atomic E-state index is 0.0135. The van der Waals surface area contributed by atoms with Crippen molar-refractivity contribution in [2.24, 2.45) is 0 Å². The fourth-order valence-corrected chi connectivity index (χ4v) is 1.54. The first-order valence-electron chi connectivity index (χ1n) is 6.24. The van der Waals surface area contributed by atoms with Gasteiger partial charge in [-0.2, -0.15) is 0 Å². The van der Waals surface area contributed by atoms with Crippen LogP contribution in [0.3, 0.4) is 0 Å². The topological polar surface area (TPSA) is 32.3 Å². The van der Waals surface area contributed by atoms with Crippen molar-refractivity contribution in [2.75, 3.05) is 13.6 Å². The molecule has 0 bridgehead atoms. The number of halogens is 1. The number of carbonyl (C=O) groups is 1. The summed E-state index contributed by atoms with van der Waals surface area (Å²) in [6, 6.07) is 6.65. The van der Waals surface area contributed by atoms with Gasteiger partial charge in [0.25, 0.3) is 0 Å². The minimum Gasteiger partial charge on any atom is -0.340 e. The number of likely N-dealkylation sites (N-methyl/N-ethyl adjacent to an activating group) is 1. The van der Waals surface area contributed by atoms with Gasteiger partial charge in [-0.15, -0.1) is 0 Å². The van der Waals surface area contributed by atoms with Crippen LogP contribution in [0, 0.1) is 5.82 Å². The second-order valence-corrected chi connectivity index (χ2v) is 4.57. The molecule has 100 valence electrons. The second-order valence-electron chi connectivity index (χ2n) is 4.57. The Hall–Kier alpha value is -1.42. The first-order chi connectivity index (χ1) is 8.52. The Morgan fingerprint density at radius 3 is 2.83 bits per heavy atom. The van der Waals surface area contributed by atoms with Gasteiger partial charge in [-0.3, -0.25) is 4.79 Å². The Labute approximate surface area is 108 Å². The zero-order valence-electron chi connectivity index (χ0n) is 11.2. The Morgan fingerprint density at radius 2 is 2.22 bits per heavy atom. The summed E-state index contributed by atoms with van der Waals surface area (Å²) in [5.74, 6) is -0.259. The molecule has 0 spiro atoms. The van der Waals surface area contributed by atoms with E-state index in [2.05, 4.69) is 12.2 Å². The van der Waals surface area contributed by atoms with Crippen LogP contribution in [0.5, 0.6) is 0 Å². The van der Waals surface area contributed by atoms with Crippen LogP contribution in [0.15, 0.2) is 24.3 Å². The van der Waals surface area contributed by atoms with E-state index in [1.165, 1.54) is 12.1 Å². The minimum atomic E-state index is -0.272. The maximum atomic E-state index is 13.0. The number of nitrogens with one attached hydrogen (secondary N) is 1. The van der Waals surface area contributed by atoms with Crippen molar-refractivity contribution in [1.29, 1.82) is 0 Å². The average Bonchev–Trinajstić information content (AvgIpc) is 2.35. The number of carbonyl (C=O) groups excluding carboxylic acids is 1. The van der Waals surface area contributed by atoms with Crippen molar-refractivity contribution in [3.05, 3.63) is 35.6 Å². The van der Waals surface area contributed by atoms with Crippen LogP contribution in [0.1, 0.15) is 25.8 Å². The molecule has 0 aliphatic rings. The van der Waals surface area contributed by atoms with Crippen molar-refractivity contribution in [3.8, 4) is 0 Å². The van der Waals surface area contributed by atoms with Gasteiger partial charge < -0.3 is 10.2 Å². The molecule has 0 aromatic heterocycles. The summed E-state index contributed by atoms with van der Waals surface area (Å²) >= 11 is 0. The van der Waals surface area contributed by atoms with E-state index >= 15 is 0 Å². The Bertz CT molecular complexity index is 395. The number of amides is 1. The molecule has 4 heteroatoms. The van der Waals surface area contributed by atoms with E-state index in [0.29, 0.717) is 19.1 Å². The number of nitrogens with zero attached hydrogens (tertiary/aromatic N) is 1. The number of benzene rings is 1. The largest absolute Gasteiger partial charge is 0.340 e. The highest BCUT2D eigenvalue weighted by atomic mass is 19.1. The van der Waals surface area contributed by atoms with Crippen molar-refractivity contribution in [2.45, 2.75) is 32.9 Å². The van der Waals surface area contributed by atoms with E-state index in [-0.39, 0.29) is 11.7 Å². The van der Waals surface area contributed by atoms with Gasteiger partial charge in [0.05, 0.1) is 6.54 Å². The van der Waals surface area contributed by atoms with E-state index in [9.17, 15) is 9.18 Å². The van der Waals surface area contributed by atoms with Crippen molar-refractivity contribution < 1.29 is 9.18 Å². The molecule has 0 fully saturated rings. The first-order valence-corrected chi connectivity index (χ1v) is 6.24. The summed E-state index contributed by atoms with van der Waals surface area (Å²) in [6.45, 7) is 4.86. The van der Waals surface area contributed by atoms with Crippen LogP contribution >= 0.6 is 0 Å². The van der Waals surface area contributed by atoms with Crippen LogP contribution in [0.4, 0.5) is 4.39 Å². The molecular weight excluding hydrogens is 231 g/mol. The molecule has 1 amide bonds. The van der Waals surface area contributed by atoms with E-state index in [0.717, 1.165) is 12.0 Å². The summed E-state index contributed by atoms with van der Waals surface area (Å²) in [7, 11) is 1.73. The van der Waals surface area contributed by atoms with Crippen molar-refractivity contribution in [3.63, 3.8) is 0 Å². The second kappa shape index (κ2) is 7.11. The third kappa shape index (κ3) is 4.84. The van der Waals surface area contributed by atoms with E-state index < -0.39 is 0 Å². The number of hydrogen-bond donors (Lipinski definition) is 1. The zero-order chi connectivity index (χ0) is 13.5. The van der Waals surface area contributed by atoms with E-state index in [4.69, 9.17) is 0 Å². The summed E-state index contributed by atoms with van der Waals surface area (Å²) < 4.78 is 13.0. The lowest BCUT2D eigenvalue weighted by Gasteiger charge is -2.19. The van der Waals surface area contributed by atoms with Crippen molar-refractivity contribution in [1.82, 2.24) is 10.2 Å². The average molecular weight is 252 g/mol. The Balaban J connectivity index is 2.45. The van der Waals surface area contributed by atoms with Crippen LogP contribution in [-0.2, 0) is 11.3 Å². The Morgan fingerprint density at radius 1 is 1.50 bits per heavy atom. The molecular formula is C14H21FN2O. The van der Waals surface area contributed by atoms with E-state index in [1.54, 1.807) is 18.0 Å². The lowest BCUT2D eigenvalue weighted by molar-refractivity contribution is -0.129. The molecule has 1 atom stereocenters. The van der Waals surface area contributed by atoms with Gasteiger partial charge in [-0.05, 0) is 31.0 Å². The van der Waals surface area contributed by atoms with Gasteiger partial charge in [-0.25, -0.2) is 4.39 Å². The monoisotopic (exact) mass is 252 g/mol. The lowest BCUT2D eigenvalue weighted by atomic mass is 10.2. The normalized spacial score (nSPS) is 12.2.